The molecule has 4 aromatic rings. The van der Waals surface area contributed by atoms with Crippen molar-refractivity contribution in [3.8, 4) is 11.5 Å². The van der Waals surface area contributed by atoms with Crippen LogP contribution in [-0.4, -0.2) is 27.5 Å². The zero-order chi connectivity index (χ0) is 23.8. The minimum absolute atomic E-state index is 0.0451. The summed E-state index contributed by atoms with van der Waals surface area (Å²) in [5.41, 5.74) is 0.589. The first-order valence-corrected chi connectivity index (χ1v) is 11.5. The Bertz CT molecular complexity index is 1520. The van der Waals surface area contributed by atoms with Gasteiger partial charge in [-0.15, -0.1) is 0 Å². The maximum Gasteiger partial charge on any atom is 0.344 e. The molecule has 1 N–H and O–H groups in total. The minimum Gasteiger partial charge on any atom is -0.497 e. The molecular formula is C24H21NO7S. The molecule has 0 saturated carbocycles. The summed E-state index contributed by atoms with van der Waals surface area (Å²) in [6.07, 6.45) is 0. The number of benzene rings is 3. The molecule has 1 aromatic heterocycles. The fraction of sp³-hybridized carbons (Fsp3) is 0.167. The van der Waals surface area contributed by atoms with Crippen molar-refractivity contribution in [1.29, 1.82) is 0 Å². The first kappa shape index (κ1) is 22.5. The van der Waals surface area contributed by atoms with Crippen molar-refractivity contribution >= 4 is 37.7 Å². The Kier molecular flexibility index (Phi) is 5.92. The van der Waals surface area contributed by atoms with Crippen molar-refractivity contribution in [2.24, 2.45) is 0 Å². The number of hydrogen-bond donors (Lipinski definition) is 1. The lowest BCUT2D eigenvalue weighted by molar-refractivity contribution is -0.135. The number of methoxy groups -OCH3 is 1. The third-order valence-electron chi connectivity index (χ3n) is 5.13. The molecule has 170 valence electrons. The maximum atomic E-state index is 12.5. The van der Waals surface area contributed by atoms with Crippen LogP contribution in [0.3, 0.4) is 0 Å². The second-order valence-corrected chi connectivity index (χ2v) is 9.25. The predicted octanol–water partition coefficient (Wildman–Crippen LogP) is 3.54. The molecule has 3 aromatic carbocycles. The van der Waals surface area contributed by atoms with Gasteiger partial charge in [-0.25, -0.2) is 18.0 Å². The lowest BCUT2D eigenvalue weighted by atomic mass is 10.1. The molecule has 0 amide bonds. The van der Waals surface area contributed by atoms with Gasteiger partial charge in [-0.05, 0) is 56.3 Å². The van der Waals surface area contributed by atoms with E-state index < -0.39 is 27.7 Å². The smallest absolute Gasteiger partial charge is 0.344 e. The second kappa shape index (κ2) is 8.68. The van der Waals surface area contributed by atoms with Gasteiger partial charge in [0.05, 0.1) is 17.4 Å². The van der Waals surface area contributed by atoms with E-state index in [-0.39, 0.29) is 16.2 Å². The molecule has 1 heterocycles. The molecule has 0 fully saturated rings. The van der Waals surface area contributed by atoms with Crippen LogP contribution in [0, 0.1) is 6.92 Å². The van der Waals surface area contributed by atoms with Crippen molar-refractivity contribution in [1.82, 2.24) is 4.72 Å². The highest BCUT2D eigenvalue weighted by Crippen LogP contribution is 2.28. The first-order chi connectivity index (χ1) is 15.7. The number of rotatable bonds is 6. The number of hydrogen-bond acceptors (Lipinski definition) is 7. The summed E-state index contributed by atoms with van der Waals surface area (Å²) in [5.74, 6) is -0.162. The van der Waals surface area contributed by atoms with E-state index in [9.17, 15) is 18.0 Å². The van der Waals surface area contributed by atoms with Crippen LogP contribution >= 0.6 is 0 Å². The molecule has 0 bridgehead atoms. The van der Waals surface area contributed by atoms with Crippen LogP contribution in [0.25, 0.3) is 21.7 Å². The van der Waals surface area contributed by atoms with Gasteiger partial charge in [0.2, 0.25) is 10.0 Å². The molecule has 0 saturated heterocycles. The molecule has 0 aliphatic heterocycles. The van der Waals surface area contributed by atoms with Gasteiger partial charge in [-0.1, -0.05) is 17.7 Å². The molecule has 0 unspecified atom stereocenters. The number of carbonyl (C=O) groups is 1. The van der Waals surface area contributed by atoms with Crippen molar-refractivity contribution in [3.63, 3.8) is 0 Å². The lowest BCUT2D eigenvalue weighted by Crippen LogP contribution is -2.40. The van der Waals surface area contributed by atoms with Gasteiger partial charge in [0.25, 0.3) is 0 Å². The largest absolute Gasteiger partial charge is 0.497 e. The molecule has 8 nitrogen and oxygen atoms in total. The number of nitrogens with one attached hydrogen (secondary N) is 1. The third kappa shape index (κ3) is 4.59. The zero-order valence-corrected chi connectivity index (χ0v) is 18.9. The van der Waals surface area contributed by atoms with E-state index in [2.05, 4.69) is 4.72 Å². The van der Waals surface area contributed by atoms with Gasteiger partial charge in [0.15, 0.2) is 0 Å². The summed E-state index contributed by atoms with van der Waals surface area (Å²) >= 11 is 0. The van der Waals surface area contributed by atoms with E-state index in [1.807, 2.05) is 6.92 Å². The average Bonchev–Trinajstić information content (AvgIpc) is 2.78. The molecule has 0 radical (unpaired) electrons. The van der Waals surface area contributed by atoms with Crippen LogP contribution in [0.2, 0.25) is 0 Å². The average molecular weight is 467 g/mol. The molecule has 0 aliphatic rings. The van der Waals surface area contributed by atoms with Crippen molar-refractivity contribution in [3.05, 3.63) is 76.6 Å². The first-order valence-electron chi connectivity index (χ1n) is 10.0. The van der Waals surface area contributed by atoms with Crippen molar-refractivity contribution in [2.75, 3.05) is 7.11 Å². The Labute approximate surface area is 189 Å². The Hall–Kier alpha value is -3.69. The van der Waals surface area contributed by atoms with E-state index in [4.69, 9.17) is 13.9 Å². The third-order valence-corrected chi connectivity index (χ3v) is 6.68. The molecule has 0 aliphatic carbocycles. The predicted molar refractivity (Wildman–Crippen MR) is 123 cm³/mol. The summed E-state index contributed by atoms with van der Waals surface area (Å²) in [6.45, 7) is 3.23. The van der Waals surface area contributed by atoms with Crippen molar-refractivity contribution < 1.29 is 27.1 Å². The van der Waals surface area contributed by atoms with Crippen LogP contribution in [0.1, 0.15) is 12.5 Å². The van der Waals surface area contributed by atoms with E-state index in [0.29, 0.717) is 21.9 Å². The van der Waals surface area contributed by atoms with E-state index in [1.165, 1.54) is 32.2 Å². The number of ether oxygens (including phenoxy) is 2. The summed E-state index contributed by atoms with van der Waals surface area (Å²) in [7, 11) is -2.40. The van der Waals surface area contributed by atoms with E-state index >= 15 is 0 Å². The highest BCUT2D eigenvalue weighted by molar-refractivity contribution is 7.89. The monoisotopic (exact) mass is 467 g/mol. The van der Waals surface area contributed by atoms with Crippen molar-refractivity contribution in [2.45, 2.75) is 24.8 Å². The number of aryl methyl sites for hydroxylation is 1. The maximum absolute atomic E-state index is 12.5. The zero-order valence-electron chi connectivity index (χ0n) is 18.1. The minimum atomic E-state index is -3.90. The van der Waals surface area contributed by atoms with Gasteiger partial charge >= 0.3 is 11.6 Å². The Morgan fingerprint density at radius 1 is 0.939 bits per heavy atom. The van der Waals surface area contributed by atoms with Gasteiger partial charge in [0.1, 0.15) is 23.1 Å². The number of sulfonamides is 1. The Morgan fingerprint density at radius 2 is 1.61 bits per heavy atom. The quantitative estimate of drug-likeness (QED) is 0.200. The summed E-state index contributed by atoms with van der Waals surface area (Å²) in [6, 6.07) is 14.8. The topological polar surface area (TPSA) is 112 Å². The molecule has 9 heteroatoms. The van der Waals surface area contributed by atoms with Crippen LogP contribution in [0.4, 0.5) is 0 Å². The van der Waals surface area contributed by atoms with Gasteiger partial charge < -0.3 is 13.9 Å². The molecule has 1 atom stereocenters. The fourth-order valence-electron chi connectivity index (χ4n) is 3.35. The van der Waals surface area contributed by atoms with Gasteiger partial charge in [-0.3, -0.25) is 0 Å². The van der Waals surface area contributed by atoms with Gasteiger partial charge in [-0.2, -0.15) is 4.72 Å². The molecule has 0 spiro atoms. The fourth-order valence-corrected chi connectivity index (χ4v) is 4.55. The Balaban J connectivity index is 1.56. The Morgan fingerprint density at radius 3 is 2.30 bits per heavy atom. The van der Waals surface area contributed by atoms with Crippen LogP contribution < -0.4 is 19.8 Å². The van der Waals surface area contributed by atoms with Crippen LogP contribution in [-0.2, 0) is 14.8 Å². The standard InChI is InChI=1S/C24H21NO7S/c1-14-4-8-18(9-5-14)33(28,29)25-15(2)23(26)31-17-7-11-20-19-10-6-16(30-3)12-21(19)24(27)32-22(20)13-17/h4-13,15,25H,1-3H3/t15-/m1/s1. The van der Waals surface area contributed by atoms with E-state index in [0.717, 1.165) is 5.56 Å². The summed E-state index contributed by atoms with van der Waals surface area (Å²) < 4.78 is 43.2. The molecule has 4 rings (SSSR count). The molecular weight excluding hydrogens is 446 g/mol. The van der Waals surface area contributed by atoms with Crippen LogP contribution in [0.15, 0.2) is 74.8 Å². The normalized spacial score (nSPS) is 12.6. The number of carbonyl (C=O) groups excluding carboxylic acids is 1. The van der Waals surface area contributed by atoms with Gasteiger partial charge in [0, 0.05) is 16.8 Å². The summed E-state index contributed by atoms with van der Waals surface area (Å²) in [5, 5.41) is 1.69. The van der Waals surface area contributed by atoms with Crippen LogP contribution in [0.5, 0.6) is 11.5 Å². The van der Waals surface area contributed by atoms with E-state index in [1.54, 1.807) is 42.5 Å². The highest BCUT2D eigenvalue weighted by Gasteiger charge is 2.24. The number of fused-ring (bicyclic) bond motifs is 3. The SMILES string of the molecule is COc1ccc2c(c1)c(=O)oc1cc(OC(=O)[C@@H](C)NS(=O)(=O)c3ccc(C)cc3)ccc12. The summed E-state index contributed by atoms with van der Waals surface area (Å²) in [4.78, 5) is 25.0. The molecule has 33 heavy (non-hydrogen) atoms. The number of esters is 1. The second-order valence-electron chi connectivity index (χ2n) is 7.54. The lowest BCUT2D eigenvalue weighted by Gasteiger charge is -2.14. The highest BCUT2D eigenvalue weighted by atomic mass is 32.2.